The van der Waals surface area contributed by atoms with Crippen LogP contribution in [0.1, 0.15) is 0 Å². The summed E-state index contributed by atoms with van der Waals surface area (Å²) in [6.07, 6.45) is 1.39. The van der Waals surface area contributed by atoms with E-state index in [1.54, 1.807) is 0 Å². The first-order valence-electron chi connectivity index (χ1n) is 5.07. The molecule has 0 spiro atoms. The molecule has 1 aromatic heterocycles. The van der Waals surface area contributed by atoms with Gasteiger partial charge in [-0.3, -0.25) is 0 Å². The Morgan fingerprint density at radius 2 is 2.06 bits per heavy atom. The van der Waals surface area contributed by atoms with Crippen molar-refractivity contribution < 1.29 is 9.47 Å². The molecular weight excluding hydrogens is 321 g/mol. The number of fused-ring (bicyclic) bond motifs is 1. The van der Waals surface area contributed by atoms with Crippen LogP contribution in [0.3, 0.4) is 0 Å². The summed E-state index contributed by atoms with van der Waals surface area (Å²) in [6, 6.07) is 5.54. The van der Waals surface area contributed by atoms with E-state index < -0.39 is 0 Å². The topological polar surface area (TPSA) is 56.3 Å². The molecule has 0 bridgehead atoms. The maximum Gasteiger partial charge on any atom is 0.231 e. The number of nitrogens with zero attached hydrogens (tertiary/aromatic N) is 2. The molecule has 2 aromatic rings. The fourth-order valence-corrected chi connectivity index (χ4v) is 1.98. The molecule has 0 atom stereocenters. The molecule has 1 N–H and O–H groups in total. The monoisotopic (exact) mass is 327 g/mol. The summed E-state index contributed by atoms with van der Waals surface area (Å²) in [4.78, 5) is 7.96. The zero-order chi connectivity index (χ0) is 12.5. The highest BCUT2D eigenvalue weighted by Gasteiger charge is 2.14. The highest BCUT2D eigenvalue weighted by molar-refractivity contribution is 9.10. The van der Waals surface area contributed by atoms with Crippen molar-refractivity contribution in [2.75, 3.05) is 12.1 Å². The third kappa shape index (κ3) is 2.09. The standard InChI is InChI=1S/C11H7BrClN3O2/c12-9-10(13)14-4-15-11(9)16-6-1-2-7-8(3-6)18-5-17-7/h1-4H,5H2,(H,14,15,16). The molecule has 7 heteroatoms. The van der Waals surface area contributed by atoms with Crippen molar-refractivity contribution in [3.8, 4) is 11.5 Å². The van der Waals surface area contributed by atoms with Gasteiger partial charge in [-0.05, 0) is 28.1 Å². The minimum absolute atomic E-state index is 0.252. The summed E-state index contributed by atoms with van der Waals surface area (Å²) in [5.41, 5.74) is 0.828. The van der Waals surface area contributed by atoms with Gasteiger partial charge in [0.1, 0.15) is 17.3 Å². The number of benzene rings is 1. The quantitative estimate of drug-likeness (QED) is 0.857. The van der Waals surface area contributed by atoms with E-state index in [0.29, 0.717) is 21.2 Å². The Labute approximate surface area is 116 Å². The maximum atomic E-state index is 5.89. The molecule has 3 rings (SSSR count). The van der Waals surface area contributed by atoms with Crippen LogP contribution in [-0.4, -0.2) is 16.8 Å². The van der Waals surface area contributed by atoms with Crippen molar-refractivity contribution >= 4 is 39.0 Å². The van der Waals surface area contributed by atoms with Gasteiger partial charge in [0.2, 0.25) is 6.79 Å². The molecule has 0 saturated heterocycles. The number of hydrogen-bond acceptors (Lipinski definition) is 5. The molecule has 18 heavy (non-hydrogen) atoms. The predicted molar refractivity (Wildman–Crippen MR) is 70.6 cm³/mol. The molecule has 1 aliphatic heterocycles. The predicted octanol–water partition coefficient (Wildman–Crippen LogP) is 3.36. The van der Waals surface area contributed by atoms with Gasteiger partial charge in [-0.1, -0.05) is 11.6 Å². The first-order valence-corrected chi connectivity index (χ1v) is 6.24. The second-order valence-corrected chi connectivity index (χ2v) is 4.67. The van der Waals surface area contributed by atoms with Crippen LogP contribution in [0.25, 0.3) is 0 Å². The number of hydrogen-bond donors (Lipinski definition) is 1. The van der Waals surface area contributed by atoms with Gasteiger partial charge >= 0.3 is 0 Å². The second kappa shape index (κ2) is 4.62. The number of anilines is 2. The lowest BCUT2D eigenvalue weighted by molar-refractivity contribution is 0.174. The van der Waals surface area contributed by atoms with Crippen molar-refractivity contribution in [2.24, 2.45) is 0 Å². The Morgan fingerprint density at radius 3 is 2.94 bits per heavy atom. The van der Waals surface area contributed by atoms with Crippen molar-refractivity contribution in [2.45, 2.75) is 0 Å². The molecule has 1 aliphatic rings. The van der Waals surface area contributed by atoms with Crippen LogP contribution in [0.5, 0.6) is 11.5 Å². The maximum absolute atomic E-state index is 5.89. The SMILES string of the molecule is Clc1ncnc(Nc2ccc3c(c2)OCO3)c1Br. The van der Waals surface area contributed by atoms with E-state index in [4.69, 9.17) is 21.1 Å². The minimum atomic E-state index is 0.252. The Hall–Kier alpha value is -1.53. The summed E-state index contributed by atoms with van der Waals surface area (Å²) in [5.74, 6) is 2.03. The number of nitrogens with one attached hydrogen (secondary N) is 1. The van der Waals surface area contributed by atoms with E-state index in [1.165, 1.54) is 6.33 Å². The molecule has 0 saturated carbocycles. The molecule has 1 aromatic carbocycles. The lowest BCUT2D eigenvalue weighted by Gasteiger charge is -2.08. The van der Waals surface area contributed by atoms with E-state index >= 15 is 0 Å². The molecule has 92 valence electrons. The van der Waals surface area contributed by atoms with Gasteiger partial charge in [-0.15, -0.1) is 0 Å². The highest BCUT2D eigenvalue weighted by Crippen LogP contribution is 2.36. The normalized spacial score (nSPS) is 12.6. The van der Waals surface area contributed by atoms with Crippen molar-refractivity contribution in [3.63, 3.8) is 0 Å². The van der Waals surface area contributed by atoms with Gasteiger partial charge in [-0.2, -0.15) is 0 Å². The molecule has 0 unspecified atom stereocenters. The average Bonchev–Trinajstić information content (AvgIpc) is 2.82. The van der Waals surface area contributed by atoms with Crippen LogP contribution >= 0.6 is 27.5 Å². The minimum Gasteiger partial charge on any atom is -0.454 e. The number of ether oxygens (including phenoxy) is 2. The van der Waals surface area contributed by atoms with Gasteiger partial charge in [0.25, 0.3) is 0 Å². The first-order chi connectivity index (χ1) is 8.74. The lowest BCUT2D eigenvalue weighted by Crippen LogP contribution is -1.96. The van der Waals surface area contributed by atoms with Gasteiger partial charge in [0, 0.05) is 11.8 Å². The van der Waals surface area contributed by atoms with E-state index in [0.717, 1.165) is 11.4 Å². The van der Waals surface area contributed by atoms with Crippen molar-refractivity contribution in [3.05, 3.63) is 34.2 Å². The van der Waals surface area contributed by atoms with Gasteiger partial charge in [0.05, 0.1) is 4.47 Å². The van der Waals surface area contributed by atoms with Crippen molar-refractivity contribution in [1.29, 1.82) is 0 Å². The Kier molecular flexibility index (Phi) is 2.97. The zero-order valence-corrected chi connectivity index (χ0v) is 11.3. The summed E-state index contributed by atoms with van der Waals surface area (Å²) in [7, 11) is 0. The molecule has 0 amide bonds. The summed E-state index contributed by atoms with van der Waals surface area (Å²) in [5, 5.41) is 3.48. The smallest absolute Gasteiger partial charge is 0.231 e. The largest absolute Gasteiger partial charge is 0.454 e. The highest BCUT2D eigenvalue weighted by atomic mass is 79.9. The zero-order valence-electron chi connectivity index (χ0n) is 8.98. The van der Waals surface area contributed by atoms with Crippen LogP contribution < -0.4 is 14.8 Å². The molecule has 5 nitrogen and oxygen atoms in total. The first kappa shape index (κ1) is 11.6. The Bertz CT molecular complexity index is 609. The lowest BCUT2D eigenvalue weighted by atomic mass is 10.3. The molecule has 0 radical (unpaired) electrons. The van der Waals surface area contributed by atoms with Crippen molar-refractivity contribution in [1.82, 2.24) is 9.97 Å². The third-order valence-electron chi connectivity index (χ3n) is 2.38. The summed E-state index contributed by atoms with van der Waals surface area (Å²) >= 11 is 9.22. The van der Waals surface area contributed by atoms with E-state index in [-0.39, 0.29) is 6.79 Å². The van der Waals surface area contributed by atoms with Crippen LogP contribution in [0.4, 0.5) is 11.5 Å². The molecule has 2 heterocycles. The van der Waals surface area contributed by atoms with Gasteiger partial charge in [0.15, 0.2) is 11.5 Å². The van der Waals surface area contributed by atoms with E-state index in [2.05, 4.69) is 31.2 Å². The van der Waals surface area contributed by atoms with E-state index in [1.807, 2.05) is 18.2 Å². The van der Waals surface area contributed by atoms with Gasteiger partial charge < -0.3 is 14.8 Å². The van der Waals surface area contributed by atoms with Gasteiger partial charge in [-0.25, -0.2) is 9.97 Å². The fourth-order valence-electron chi connectivity index (χ4n) is 1.55. The van der Waals surface area contributed by atoms with Crippen LogP contribution in [0, 0.1) is 0 Å². The molecule has 0 aliphatic carbocycles. The molecular formula is C11H7BrClN3O2. The summed E-state index contributed by atoms with van der Waals surface area (Å²) in [6.45, 7) is 0.252. The molecule has 0 fully saturated rings. The third-order valence-corrected chi connectivity index (χ3v) is 3.65. The number of aromatic nitrogens is 2. The second-order valence-electron chi connectivity index (χ2n) is 3.52. The Balaban J connectivity index is 1.90. The van der Waals surface area contributed by atoms with Crippen LogP contribution in [0.2, 0.25) is 5.15 Å². The number of rotatable bonds is 2. The van der Waals surface area contributed by atoms with Crippen LogP contribution in [0.15, 0.2) is 29.0 Å². The average molecular weight is 329 g/mol. The van der Waals surface area contributed by atoms with Crippen LogP contribution in [-0.2, 0) is 0 Å². The number of halogens is 2. The Morgan fingerprint density at radius 1 is 1.22 bits per heavy atom. The van der Waals surface area contributed by atoms with E-state index in [9.17, 15) is 0 Å². The summed E-state index contributed by atoms with van der Waals surface area (Å²) < 4.78 is 11.2. The fraction of sp³-hybridized carbons (Fsp3) is 0.0909.